The van der Waals surface area contributed by atoms with Crippen LogP contribution < -0.4 is 10.1 Å². The summed E-state index contributed by atoms with van der Waals surface area (Å²) in [6, 6.07) is 20.5. The molecule has 3 rings (SSSR count). The van der Waals surface area contributed by atoms with Gasteiger partial charge in [0, 0.05) is 17.3 Å². The Labute approximate surface area is 163 Å². The maximum absolute atomic E-state index is 11.0. The molecule has 0 fully saturated rings. The monoisotopic (exact) mass is 381 g/mol. The van der Waals surface area contributed by atoms with Crippen molar-refractivity contribution < 1.29 is 14.6 Å². The van der Waals surface area contributed by atoms with Gasteiger partial charge in [-0.2, -0.15) is 0 Å². The van der Waals surface area contributed by atoms with Crippen LogP contribution in [0.25, 0.3) is 0 Å². The van der Waals surface area contributed by atoms with Crippen molar-refractivity contribution in [3.8, 4) is 5.75 Å². The van der Waals surface area contributed by atoms with Crippen LogP contribution in [0, 0.1) is 6.92 Å². The number of carboxylic acid groups (broad SMARTS) is 1. The summed E-state index contributed by atoms with van der Waals surface area (Å²) in [7, 11) is 0. The van der Waals surface area contributed by atoms with Crippen LogP contribution in [0.3, 0.4) is 0 Å². The summed E-state index contributed by atoms with van der Waals surface area (Å²) in [6.07, 6.45) is 0. The van der Waals surface area contributed by atoms with Gasteiger partial charge in [0.25, 0.3) is 0 Å². The first-order chi connectivity index (χ1) is 13.0. The molecule has 0 aliphatic carbocycles. The molecule has 0 aromatic heterocycles. The predicted octanol–water partition coefficient (Wildman–Crippen LogP) is 5.54. The lowest BCUT2D eigenvalue weighted by atomic mass is 10.1. The largest absolute Gasteiger partial charge is 0.489 e. The van der Waals surface area contributed by atoms with Gasteiger partial charge in [0.15, 0.2) is 0 Å². The number of carbonyl (C=O) groups is 1. The van der Waals surface area contributed by atoms with Crippen LogP contribution in [0.1, 0.15) is 27.0 Å². The van der Waals surface area contributed by atoms with Crippen molar-refractivity contribution in [3.63, 3.8) is 0 Å². The molecule has 0 atom stereocenters. The zero-order valence-electron chi connectivity index (χ0n) is 14.9. The molecule has 0 radical (unpaired) electrons. The summed E-state index contributed by atoms with van der Waals surface area (Å²) in [4.78, 5) is 11.0. The number of nitrogens with one attached hydrogen (secondary N) is 1. The second-order valence-electron chi connectivity index (χ2n) is 6.25. The van der Waals surface area contributed by atoms with Crippen LogP contribution >= 0.6 is 11.6 Å². The lowest BCUT2D eigenvalue weighted by Crippen LogP contribution is -2.03. The van der Waals surface area contributed by atoms with E-state index in [2.05, 4.69) is 5.32 Å². The minimum Gasteiger partial charge on any atom is -0.489 e. The summed E-state index contributed by atoms with van der Waals surface area (Å²) in [5, 5.41) is 13.1. The molecule has 5 heteroatoms. The zero-order chi connectivity index (χ0) is 19.2. The first-order valence-electron chi connectivity index (χ1n) is 8.55. The fourth-order valence-electron chi connectivity index (χ4n) is 2.64. The highest BCUT2D eigenvalue weighted by Crippen LogP contribution is 2.19. The van der Waals surface area contributed by atoms with Crippen LogP contribution in [0.2, 0.25) is 5.02 Å². The van der Waals surface area contributed by atoms with Crippen LogP contribution in [0.4, 0.5) is 5.69 Å². The molecule has 4 nitrogen and oxygen atoms in total. The summed E-state index contributed by atoms with van der Waals surface area (Å²) in [5.74, 6) is -0.116. The van der Waals surface area contributed by atoms with Gasteiger partial charge in [-0.25, -0.2) is 4.79 Å². The number of aromatic carboxylic acids is 1. The van der Waals surface area contributed by atoms with Gasteiger partial charge in [0.1, 0.15) is 12.4 Å². The highest BCUT2D eigenvalue weighted by atomic mass is 35.5. The Kier molecular flexibility index (Phi) is 5.99. The molecule has 27 heavy (non-hydrogen) atoms. The fraction of sp³-hybridized carbons (Fsp3) is 0.136. The van der Waals surface area contributed by atoms with E-state index in [1.807, 2.05) is 55.5 Å². The molecule has 0 amide bonds. The van der Waals surface area contributed by atoms with Gasteiger partial charge in [-0.3, -0.25) is 0 Å². The maximum Gasteiger partial charge on any atom is 0.335 e. The summed E-state index contributed by atoms with van der Waals surface area (Å²) < 4.78 is 5.79. The van der Waals surface area contributed by atoms with Crippen LogP contribution in [-0.4, -0.2) is 11.1 Å². The van der Waals surface area contributed by atoms with E-state index in [4.69, 9.17) is 21.4 Å². The van der Waals surface area contributed by atoms with Gasteiger partial charge in [-0.05, 0) is 66.1 Å². The Hall–Kier alpha value is -2.98. The quantitative estimate of drug-likeness (QED) is 0.564. The third-order valence-corrected chi connectivity index (χ3v) is 4.45. The van der Waals surface area contributed by atoms with Crippen LogP contribution in [-0.2, 0) is 13.2 Å². The van der Waals surface area contributed by atoms with Crippen molar-refractivity contribution in [1.82, 2.24) is 0 Å². The van der Waals surface area contributed by atoms with Gasteiger partial charge >= 0.3 is 5.97 Å². The molecular formula is C22H20ClNO3. The Morgan fingerprint density at radius 1 is 1.00 bits per heavy atom. The van der Waals surface area contributed by atoms with Crippen molar-refractivity contribution in [3.05, 3.63) is 94.0 Å². The second kappa shape index (κ2) is 8.60. The molecule has 0 spiro atoms. The number of rotatable bonds is 7. The second-order valence-corrected chi connectivity index (χ2v) is 6.68. The highest BCUT2D eigenvalue weighted by Gasteiger charge is 2.05. The number of hydrogen-bond donors (Lipinski definition) is 2. The van der Waals surface area contributed by atoms with E-state index in [0.29, 0.717) is 23.7 Å². The molecular weight excluding hydrogens is 362 g/mol. The molecule has 0 aliphatic heterocycles. The molecule has 0 saturated heterocycles. The number of aryl methyl sites for hydroxylation is 1. The molecule has 0 saturated carbocycles. The minimum atomic E-state index is -0.918. The third-order valence-electron chi connectivity index (χ3n) is 4.20. The molecule has 3 aromatic carbocycles. The SMILES string of the molecule is Cc1cc(C(=O)O)ccc1NCc1ccc(OCc2ccc(Cl)cc2)cc1. The number of carboxylic acids is 1. The van der Waals surface area contributed by atoms with Gasteiger partial charge in [-0.1, -0.05) is 35.9 Å². The molecule has 0 heterocycles. The van der Waals surface area contributed by atoms with E-state index < -0.39 is 5.97 Å². The average Bonchev–Trinajstić information content (AvgIpc) is 2.67. The van der Waals surface area contributed by atoms with E-state index in [9.17, 15) is 4.79 Å². The molecule has 0 aliphatic rings. The van der Waals surface area contributed by atoms with Crippen LogP contribution in [0.5, 0.6) is 5.75 Å². The van der Waals surface area contributed by atoms with E-state index in [1.165, 1.54) is 0 Å². The van der Waals surface area contributed by atoms with Gasteiger partial charge in [0.05, 0.1) is 5.56 Å². The first-order valence-corrected chi connectivity index (χ1v) is 8.93. The van der Waals surface area contributed by atoms with Crippen molar-refractivity contribution in [1.29, 1.82) is 0 Å². The first kappa shape index (κ1) is 18.8. The zero-order valence-corrected chi connectivity index (χ0v) is 15.7. The van der Waals surface area contributed by atoms with Gasteiger partial charge < -0.3 is 15.2 Å². The Morgan fingerprint density at radius 3 is 2.30 bits per heavy atom. The number of anilines is 1. The van der Waals surface area contributed by atoms with Gasteiger partial charge in [-0.15, -0.1) is 0 Å². The van der Waals surface area contributed by atoms with Crippen molar-refractivity contribution in [2.24, 2.45) is 0 Å². The summed E-state index contributed by atoms with van der Waals surface area (Å²) in [5.41, 5.74) is 4.28. The van der Waals surface area contributed by atoms with E-state index >= 15 is 0 Å². The molecule has 138 valence electrons. The summed E-state index contributed by atoms with van der Waals surface area (Å²) >= 11 is 5.88. The van der Waals surface area contributed by atoms with Crippen molar-refractivity contribution >= 4 is 23.3 Å². The molecule has 0 bridgehead atoms. The van der Waals surface area contributed by atoms with Crippen molar-refractivity contribution in [2.45, 2.75) is 20.1 Å². The Balaban J connectivity index is 1.54. The maximum atomic E-state index is 11.0. The fourth-order valence-corrected chi connectivity index (χ4v) is 2.77. The third kappa shape index (κ3) is 5.25. The minimum absolute atomic E-state index is 0.292. The van der Waals surface area contributed by atoms with Crippen molar-refractivity contribution in [2.75, 3.05) is 5.32 Å². The smallest absolute Gasteiger partial charge is 0.335 e. The van der Waals surface area contributed by atoms with Crippen LogP contribution in [0.15, 0.2) is 66.7 Å². The van der Waals surface area contributed by atoms with Gasteiger partial charge in [0.2, 0.25) is 0 Å². The molecule has 3 aromatic rings. The number of ether oxygens (including phenoxy) is 1. The normalized spacial score (nSPS) is 10.4. The molecule has 2 N–H and O–H groups in total. The average molecular weight is 382 g/mol. The topological polar surface area (TPSA) is 58.6 Å². The standard InChI is InChI=1S/C22H20ClNO3/c1-15-12-18(22(25)26)6-11-21(15)24-13-16-4-9-20(10-5-16)27-14-17-2-7-19(23)8-3-17/h2-12,24H,13-14H2,1H3,(H,25,26). The highest BCUT2D eigenvalue weighted by molar-refractivity contribution is 6.30. The van der Waals surface area contributed by atoms with E-state index in [-0.39, 0.29) is 0 Å². The molecule has 0 unspecified atom stereocenters. The Morgan fingerprint density at radius 2 is 1.67 bits per heavy atom. The lowest BCUT2D eigenvalue weighted by molar-refractivity contribution is 0.0697. The van der Waals surface area contributed by atoms with E-state index in [0.717, 1.165) is 28.1 Å². The lowest BCUT2D eigenvalue weighted by Gasteiger charge is -2.11. The van der Waals surface area contributed by atoms with E-state index in [1.54, 1.807) is 18.2 Å². The number of halogens is 1. The summed E-state index contributed by atoms with van der Waals surface area (Å²) in [6.45, 7) is 3.02. The Bertz CT molecular complexity index is 921. The predicted molar refractivity (Wildman–Crippen MR) is 108 cm³/mol. The number of benzene rings is 3. The number of hydrogen-bond acceptors (Lipinski definition) is 3.